The normalized spacial score (nSPS) is 10.7. The van der Waals surface area contributed by atoms with Gasteiger partial charge in [-0.05, 0) is 25.0 Å². The van der Waals surface area contributed by atoms with Crippen molar-refractivity contribution in [2.24, 2.45) is 0 Å². The van der Waals surface area contributed by atoms with Crippen molar-refractivity contribution in [3.8, 4) is 0 Å². The fraction of sp³-hybridized carbons (Fsp3) is 0.286. The smallest absolute Gasteiger partial charge is 0.257 e. The van der Waals surface area contributed by atoms with Crippen molar-refractivity contribution in [2.45, 2.75) is 26.7 Å². The van der Waals surface area contributed by atoms with Crippen molar-refractivity contribution in [3.05, 3.63) is 46.5 Å². The van der Waals surface area contributed by atoms with Gasteiger partial charge in [-0.3, -0.25) is 10.1 Å². The van der Waals surface area contributed by atoms with E-state index in [4.69, 9.17) is 0 Å². The lowest BCUT2D eigenvalue weighted by Crippen LogP contribution is -2.11. The Morgan fingerprint density at radius 2 is 1.94 bits per heavy atom. The topological polar surface area (TPSA) is 42.0 Å². The van der Waals surface area contributed by atoms with Crippen LogP contribution in [-0.4, -0.2) is 10.9 Å². The van der Waals surface area contributed by atoms with Gasteiger partial charge in [-0.25, -0.2) is 4.98 Å². The zero-order chi connectivity index (χ0) is 13.1. The van der Waals surface area contributed by atoms with E-state index in [0.717, 1.165) is 5.69 Å². The summed E-state index contributed by atoms with van der Waals surface area (Å²) in [7, 11) is 0. The maximum atomic E-state index is 12.0. The molecule has 1 heterocycles. The zero-order valence-electron chi connectivity index (χ0n) is 10.7. The number of aromatic nitrogens is 1. The van der Waals surface area contributed by atoms with Crippen molar-refractivity contribution < 1.29 is 4.79 Å². The van der Waals surface area contributed by atoms with Gasteiger partial charge in [0.15, 0.2) is 5.13 Å². The number of nitrogens with zero attached hydrogens (tertiary/aromatic N) is 1. The number of amides is 1. The molecule has 0 radical (unpaired) electrons. The van der Waals surface area contributed by atoms with Crippen LogP contribution in [0.25, 0.3) is 0 Å². The quantitative estimate of drug-likeness (QED) is 0.911. The molecule has 0 aliphatic rings. The van der Waals surface area contributed by atoms with Crippen molar-refractivity contribution in [1.82, 2.24) is 4.98 Å². The summed E-state index contributed by atoms with van der Waals surface area (Å²) in [6.45, 7) is 6.23. The molecule has 0 aliphatic carbocycles. The van der Waals surface area contributed by atoms with Crippen LogP contribution in [0.4, 0.5) is 5.13 Å². The molecule has 4 heteroatoms. The van der Waals surface area contributed by atoms with Gasteiger partial charge in [-0.15, -0.1) is 11.3 Å². The Bertz CT molecular complexity index is 546. The molecule has 0 saturated carbocycles. The van der Waals surface area contributed by atoms with Gasteiger partial charge in [0, 0.05) is 10.4 Å². The van der Waals surface area contributed by atoms with E-state index in [0.29, 0.717) is 16.6 Å². The van der Waals surface area contributed by atoms with Crippen molar-refractivity contribution in [1.29, 1.82) is 0 Å². The predicted molar refractivity (Wildman–Crippen MR) is 75.3 cm³/mol. The zero-order valence-corrected chi connectivity index (χ0v) is 11.5. The molecular formula is C14H16N2OS. The number of thiazole rings is 1. The Morgan fingerprint density at radius 3 is 2.50 bits per heavy atom. The first-order valence-electron chi connectivity index (χ1n) is 5.91. The Kier molecular flexibility index (Phi) is 3.77. The lowest BCUT2D eigenvalue weighted by molar-refractivity contribution is 0.102. The van der Waals surface area contributed by atoms with Gasteiger partial charge in [0.2, 0.25) is 0 Å². The second kappa shape index (κ2) is 5.31. The number of rotatable bonds is 3. The van der Waals surface area contributed by atoms with Crippen LogP contribution in [0.2, 0.25) is 0 Å². The molecule has 0 fully saturated rings. The highest BCUT2D eigenvalue weighted by atomic mass is 32.1. The lowest BCUT2D eigenvalue weighted by atomic mass is 10.1. The van der Waals surface area contributed by atoms with E-state index in [1.165, 1.54) is 4.88 Å². The number of hydrogen-bond donors (Lipinski definition) is 1. The Labute approximate surface area is 111 Å². The summed E-state index contributed by atoms with van der Waals surface area (Å²) in [4.78, 5) is 17.6. The highest BCUT2D eigenvalue weighted by Gasteiger charge is 2.13. The van der Waals surface area contributed by atoms with E-state index in [2.05, 4.69) is 24.1 Å². The first-order chi connectivity index (χ1) is 8.58. The molecule has 0 bridgehead atoms. The van der Waals surface area contributed by atoms with E-state index < -0.39 is 0 Å². The van der Waals surface area contributed by atoms with Crippen LogP contribution in [0.3, 0.4) is 0 Å². The number of nitrogens with one attached hydrogen (secondary N) is 1. The second-order valence-corrected chi connectivity index (χ2v) is 5.47. The van der Waals surface area contributed by atoms with Crippen molar-refractivity contribution in [3.63, 3.8) is 0 Å². The predicted octanol–water partition coefficient (Wildman–Crippen LogP) is 3.83. The molecule has 18 heavy (non-hydrogen) atoms. The molecule has 0 saturated heterocycles. The number of carbonyl (C=O) groups excluding carboxylic acids is 1. The molecule has 0 atom stereocenters. The van der Waals surface area contributed by atoms with Crippen LogP contribution in [0, 0.1) is 6.92 Å². The third-order valence-corrected chi connectivity index (χ3v) is 3.99. The molecule has 1 aromatic heterocycles. The maximum Gasteiger partial charge on any atom is 0.257 e. The number of anilines is 1. The number of hydrogen-bond acceptors (Lipinski definition) is 3. The van der Waals surface area contributed by atoms with Crippen LogP contribution in [0.5, 0.6) is 0 Å². The Hall–Kier alpha value is -1.68. The fourth-order valence-corrected chi connectivity index (χ4v) is 2.72. The molecule has 1 N–H and O–H groups in total. The highest BCUT2D eigenvalue weighted by molar-refractivity contribution is 7.16. The summed E-state index contributed by atoms with van der Waals surface area (Å²) < 4.78 is 0. The fourth-order valence-electron chi connectivity index (χ4n) is 1.76. The average Bonchev–Trinajstić information content (AvgIpc) is 2.71. The van der Waals surface area contributed by atoms with Gasteiger partial charge in [0.1, 0.15) is 0 Å². The minimum absolute atomic E-state index is 0.111. The molecule has 3 nitrogen and oxygen atoms in total. The van der Waals surface area contributed by atoms with Gasteiger partial charge >= 0.3 is 0 Å². The lowest BCUT2D eigenvalue weighted by Gasteiger charge is -2.01. The maximum absolute atomic E-state index is 12.0. The molecule has 0 unspecified atom stereocenters. The van der Waals surface area contributed by atoms with Crippen LogP contribution in [-0.2, 0) is 0 Å². The van der Waals surface area contributed by atoms with Gasteiger partial charge in [0.05, 0.1) is 5.69 Å². The molecule has 0 spiro atoms. The summed E-state index contributed by atoms with van der Waals surface area (Å²) in [5, 5.41) is 3.51. The molecule has 2 aromatic rings. The Morgan fingerprint density at radius 1 is 1.28 bits per heavy atom. The first kappa shape index (κ1) is 12.8. The van der Waals surface area contributed by atoms with E-state index in [9.17, 15) is 4.79 Å². The first-order valence-corrected chi connectivity index (χ1v) is 6.73. The molecular weight excluding hydrogens is 244 g/mol. The Balaban J connectivity index is 2.15. The van der Waals surface area contributed by atoms with Crippen LogP contribution in [0.15, 0.2) is 30.3 Å². The minimum atomic E-state index is -0.111. The van der Waals surface area contributed by atoms with Crippen molar-refractivity contribution >= 4 is 22.4 Å². The van der Waals surface area contributed by atoms with E-state index in [1.54, 1.807) is 23.5 Å². The average molecular weight is 260 g/mol. The standard InChI is InChI=1S/C14H16N2OS/c1-9(2)12-10(3)15-14(18-12)16-13(17)11-7-5-4-6-8-11/h4-9H,1-3H3,(H,15,16,17). The molecule has 1 amide bonds. The number of carbonyl (C=O) groups is 1. The SMILES string of the molecule is Cc1nc(NC(=O)c2ccccc2)sc1C(C)C. The third kappa shape index (κ3) is 2.76. The van der Waals surface area contributed by atoms with Gasteiger partial charge < -0.3 is 0 Å². The third-order valence-electron chi connectivity index (χ3n) is 2.61. The summed E-state index contributed by atoms with van der Waals surface area (Å²) in [6, 6.07) is 9.17. The summed E-state index contributed by atoms with van der Waals surface area (Å²) in [5.74, 6) is 0.324. The van der Waals surface area contributed by atoms with Gasteiger partial charge in [0.25, 0.3) is 5.91 Å². The van der Waals surface area contributed by atoms with Crippen molar-refractivity contribution in [2.75, 3.05) is 5.32 Å². The van der Waals surface area contributed by atoms with E-state index in [1.807, 2.05) is 25.1 Å². The van der Waals surface area contributed by atoms with Crippen LogP contribution < -0.4 is 5.32 Å². The van der Waals surface area contributed by atoms with Crippen LogP contribution in [0.1, 0.15) is 40.7 Å². The highest BCUT2D eigenvalue weighted by Crippen LogP contribution is 2.29. The minimum Gasteiger partial charge on any atom is -0.298 e. The van der Waals surface area contributed by atoms with Gasteiger partial charge in [-0.1, -0.05) is 32.0 Å². The molecule has 2 rings (SSSR count). The largest absolute Gasteiger partial charge is 0.298 e. The summed E-state index contributed by atoms with van der Waals surface area (Å²) in [5.41, 5.74) is 1.65. The van der Waals surface area contributed by atoms with Gasteiger partial charge in [-0.2, -0.15) is 0 Å². The van der Waals surface area contributed by atoms with E-state index >= 15 is 0 Å². The molecule has 94 valence electrons. The molecule has 0 aliphatic heterocycles. The number of aryl methyl sites for hydroxylation is 1. The van der Waals surface area contributed by atoms with Crippen LogP contribution >= 0.6 is 11.3 Å². The second-order valence-electron chi connectivity index (χ2n) is 4.44. The molecule has 1 aromatic carbocycles. The summed E-state index contributed by atoms with van der Waals surface area (Å²) in [6.07, 6.45) is 0. The van der Waals surface area contributed by atoms with E-state index in [-0.39, 0.29) is 5.91 Å². The summed E-state index contributed by atoms with van der Waals surface area (Å²) >= 11 is 1.55. The monoisotopic (exact) mass is 260 g/mol. The number of benzene rings is 1.